The number of carbonyl (C=O) groups is 1. The van der Waals surface area contributed by atoms with E-state index in [0.717, 1.165) is 29.4 Å². The van der Waals surface area contributed by atoms with Crippen molar-refractivity contribution in [3.05, 3.63) is 28.8 Å². The second-order valence-corrected chi connectivity index (χ2v) is 5.80. The molecule has 1 aliphatic heterocycles. The summed E-state index contributed by atoms with van der Waals surface area (Å²) in [5.41, 5.74) is 7.87. The van der Waals surface area contributed by atoms with Gasteiger partial charge in [-0.1, -0.05) is 17.7 Å². The maximum absolute atomic E-state index is 11.6. The summed E-state index contributed by atoms with van der Waals surface area (Å²) in [6.45, 7) is 4.24. The molecule has 1 unspecified atom stereocenters. The molecule has 4 nitrogen and oxygen atoms in total. The molecule has 116 valence electrons. The van der Waals surface area contributed by atoms with Crippen LogP contribution in [0.3, 0.4) is 0 Å². The van der Waals surface area contributed by atoms with Gasteiger partial charge in [0.2, 0.25) is 0 Å². The minimum Gasteiger partial charge on any atom is -0.465 e. The Hall–Kier alpha value is -1.26. The van der Waals surface area contributed by atoms with Gasteiger partial charge in [-0.15, -0.1) is 0 Å². The lowest BCUT2D eigenvalue weighted by Crippen LogP contribution is -2.34. The summed E-state index contributed by atoms with van der Waals surface area (Å²) in [5.74, 6) is -0.367. The molecule has 1 heterocycles. The van der Waals surface area contributed by atoms with Gasteiger partial charge in [0, 0.05) is 13.1 Å². The first-order valence-electron chi connectivity index (χ1n) is 7.57. The summed E-state index contributed by atoms with van der Waals surface area (Å²) in [7, 11) is 0. The summed E-state index contributed by atoms with van der Waals surface area (Å²) in [6, 6.07) is 5.29. The molecule has 0 aromatic heterocycles. The van der Waals surface area contributed by atoms with Gasteiger partial charge in [0.05, 0.1) is 17.3 Å². The van der Waals surface area contributed by atoms with E-state index in [1.54, 1.807) is 6.92 Å². The molecule has 0 bridgehead atoms. The second-order valence-electron chi connectivity index (χ2n) is 5.40. The summed E-state index contributed by atoms with van der Waals surface area (Å²) < 4.78 is 4.92. The fourth-order valence-corrected chi connectivity index (χ4v) is 2.98. The smallest absolute Gasteiger partial charge is 0.323 e. The van der Waals surface area contributed by atoms with Crippen LogP contribution in [0.2, 0.25) is 5.02 Å². The van der Waals surface area contributed by atoms with E-state index in [-0.39, 0.29) is 5.97 Å². The second kappa shape index (κ2) is 7.66. The zero-order valence-corrected chi connectivity index (χ0v) is 13.2. The average molecular weight is 311 g/mol. The molecular weight excluding hydrogens is 288 g/mol. The molecule has 0 amide bonds. The molecule has 1 aromatic rings. The van der Waals surface area contributed by atoms with Crippen LogP contribution < -0.4 is 10.6 Å². The summed E-state index contributed by atoms with van der Waals surface area (Å²) in [6.07, 6.45) is 4.16. The van der Waals surface area contributed by atoms with Crippen molar-refractivity contribution in [2.24, 2.45) is 5.73 Å². The van der Waals surface area contributed by atoms with Crippen LogP contribution in [0.4, 0.5) is 5.69 Å². The molecular formula is C16H23ClN2O2. The van der Waals surface area contributed by atoms with Crippen molar-refractivity contribution in [2.75, 3.05) is 24.6 Å². The topological polar surface area (TPSA) is 55.6 Å². The van der Waals surface area contributed by atoms with Crippen LogP contribution in [0.25, 0.3) is 0 Å². The minimum atomic E-state index is -0.637. The number of nitrogens with two attached hydrogens (primary N) is 1. The number of hydrogen-bond donors (Lipinski definition) is 1. The van der Waals surface area contributed by atoms with E-state index in [9.17, 15) is 4.79 Å². The van der Waals surface area contributed by atoms with Gasteiger partial charge in [0.25, 0.3) is 0 Å². The van der Waals surface area contributed by atoms with Gasteiger partial charge in [-0.05, 0) is 50.3 Å². The molecule has 1 aliphatic rings. The molecule has 0 aliphatic carbocycles. The number of carbonyl (C=O) groups excluding carboxylic acids is 1. The first kappa shape index (κ1) is 16.1. The SMILES string of the molecule is CCOC(=O)C(N)Cc1ccc(N2CCCCC2)c(Cl)c1. The van der Waals surface area contributed by atoms with Gasteiger partial charge in [0.1, 0.15) is 6.04 Å². The third-order valence-electron chi connectivity index (χ3n) is 3.75. The van der Waals surface area contributed by atoms with Gasteiger partial charge >= 0.3 is 5.97 Å². The maximum Gasteiger partial charge on any atom is 0.323 e. The number of rotatable bonds is 5. The normalized spacial score (nSPS) is 16.6. The van der Waals surface area contributed by atoms with E-state index in [1.807, 2.05) is 18.2 Å². The Morgan fingerprint density at radius 1 is 1.38 bits per heavy atom. The number of ether oxygens (including phenoxy) is 1. The maximum atomic E-state index is 11.6. The van der Waals surface area contributed by atoms with Crippen LogP contribution in [0.5, 0.6) is 0 Å². The van der Waals surface area contributed by atoms with Gasteiger partial charge in [-0.3, -0.25) is 4.79 Å². The van der Waals surface area contributed by atoms with Crippen LogP contribution in [0, 0.1) is 0 Å². The van der Waals surface area contributed by atoms with Gasteiger partial charge in [-0.2, -0.15) is 0 Å². The predicted octanol–water partition coefficient (Wildman–Crippen LogP) is 2.76. The van der Waals surface area contributed by atoms with Crippen molar-refractivity contribution in [1.82, 2.24) is 0 Å². The number of anilines is 1. The number of nitrogens with zero attached hydrogens (tertiary/aromatic N) is 1. The van der Waals surface area contributed by atoms with Gasteiger partial charge in [0.15, 0.2) is 0 Å². The number of benzene rings is 1. The van der Waals surface area contributed by atoms with Crippen molar-refractivity contribution in [3.63, 3.8) is 0 Å². The fourth-order valence-electron chi connectivity index (χ4n) is 2.66. The Bertz CT molecular complexity index is 487. The van der Waals surface area contributed by atoms with Gasteiger partial charge < -0.3 is 15.4 Å². The van der Waals surface area contributed by atoms with Crippen LogP contribution in [-0.4, -0.2) is 31.7 Å². The number of esters is 1. The molecule has 1 saturated heterocycles. The molecule has 2 rings (SSSR count). The summed E-state index contributed by atoms with van der Waals surface area (Å²) >= 11 is 6.39. The standard InChI is InChI=1S/C16H23ClN2O2/c1-2-21-16(20)14(18)11-12-6-7-15(13(17)10-12)19-8-4-3-5-9-19/h6-7,10,14H,2-5,8-9,11,18H2,1H3. The highest BCUT2D eigenvalue weighted by atomic mass is 35.5. The Labute approximate surface area is 131 Å². The first-order valence-corrected chi connectivity index (χ1v) is 7.95. The Morgan fingerprint density at radius 3 is 2.71 bits per heavy atom. The van der Waals surface area contributed by atoms with E-state index in [2.05, 4.69) is 4.90 Å². The van der Waals surface area contributed by atoms with Crippen molar-refractivity contribution < 1.29 is 9.53 Å². The highest BCUT2D eigenvalue weighted by molar-refractivity contribution is 6.33. The lowest BCUT2D eigenvalue weighted by Gasteiger charge is -2.29. The number of halogens is 1. The van der Waals surface area contributed by atoms with Crippen molar-refractivity contribution in [1.29, 1.82) is 0 Å². The van der Waals surface area contributed by atoms with E-state index in [0.29, 0.717) is 13.0 Å². The molecule has 0 spiro atoms. The van der Waals surface area contributed by atoms with E-state index in [4.69, 9.17) is 22.1 Å². The average Bonchev–Trinajstić information content (AvgIpc) is 2.48. The predicted molar refractivity (Wildman–Crippen MR) is 85.8 cm³/mol. The van der Waals surface area contributed by atoms with Crippen molar-refractivity contribution >= 4 is 23.3 Å². The van der Waals surface area contributed by atoms with Crippen molar-refractivity contribution in [3.8, 4) is 0 Å². The molecule has 5 heteroatoms. The highest BCUT2D eigenvalue weighted by Crippen LogP contribution is 2.29. The van der Waals surface area contributed by atoms with Crippen molar-refractivity contribution in [2.45, 2.75) is 38.6 Å². The largest absolute Gasteiger partial charge is 0.465 e. The first-order chi connectivity index (χ1) is 10.1. The molecule has 1 fully saturated rings. The zero-order chi connectivity index (χ0) is 15.2. The van der Waals surface area contributed by atoms with Crippen LogP contribution in [-0.2, 0) is 16.0 Å². The molecule has 1 atom stereocenters. The molecule has 0 radical (unpaired) electrons. The molecule has 21 heavy (non-hydrogen) atoms. The molecule has 1 aromatic carbocycles. The quantitative estimate of drug-likeness (QED) is 0.850. The van der Waals surface area contributed by atoms with E-state index >= 15 is 0 Å². The number of piperidine rings is 1. The summed E-state index contributed by atoms with van der Waals surface area (Å²) in [5, 5.41) is 0.727. The molecule has 0 saturated carbocycles. The zero-order valence-electron chi connectivity index (χ0n) is 12.5. The van der Waals surface area contributed by atoms with E-state index in [1.165, 1.54) is 19.3 Å². The third kappa shape index (κ3) is 4.35. The van der Waals surface area contributed by atoms with Crippen LogP contribution in [0.1, 0.15) is 31.7 Å². The van der Waals surface area contributed by atoms with Crippen LogP contribution >= 0.6 is 11.6 Å². The Balaban J connectivity index is 2.03. The Morgan fingerprint density at radius 2 is 2.10 bits per heavy atom. The van der Waals surface area contributed by atoms with E-state index < -0.39 is 6.04 Å². The minimum absolute atomic E-state index is 0.348. The Kier molecular flexibility index (Phi) is 5.88. The number of hydrogen-bond acceptors (Lipinski definition) is 4. The fraction of sp³-hybridized carbons (Fsp3) is 0.562. The lowest BCUT2D eigenvalue weighted by atomic mass is 10.0. The lowest BCUT2D eigenvalue weighted by molar-refractivity contribution is -0.144. The van der Waals surface area contributed by atoms with Crippen LogP contribution in [0.15, 0.2) is 18.2 Å². The third-order valence-corrected chi connectivity index (χ3v) is 4.06. The summed E-state index contributed by atoms with van der Waals surface area (Å²) in [4.78, 5) is 13.9. The highest BCUT2D eigenvalue weighted by Gasteiger charge is 2.17. The monoisotopic (exact) mass is 310 g/mol. The van der Waals surface area contributed by atoms with Gasteiger partial charge in [-0.25, -0.2) is 0 Å². The molecule has 2 N–H and O–H groups in total.